The van der Waals surface area contributed by atoms with Crippen molar-refractivity contribution in [2.24, 2.45) is 0 Å². The highest BCUT2D eigenvalue weighted by Crippen LogP contribution is 2.38. The summed E-state index contributed by atoms with van der Waals surface area (Å²) in [6.45, 7) is 4.60. The summed E-state index contributed by atoms with van der Waals surface area (Å²) in [5.74, 6) is -0.188. The van der Waals surface area contributed by atoms with Crippen molar-refractivity contribution in [3.05, 3.63) is 48.6 Å². The minimum atomic E-state index is -4.58. The molecule has 0 rings (SSSR count). The summed E-state index contributed by atoms with van der Waals surface area (Å²) in [6, 6.07) is -0.815. The van der Waals surface area contributed by atoms with Gasteiger partial charge < -0.3 is 28.8 Å². The van der Waals surface area contributed by atoms with Crippen LogP contribution in [0.5, 0.6) is 0 Å². The molecule has 60 heavy (non-hydrogen) atoms. The smallest absolute Gasteiger partial charge is 0.268 e. The van der Waals surface area contributed by atoms with Gasteiger partial charge in [-0.1, -0.05) is 210 Å². The van der Waals surface area contributed by atoms with Crippen LogP contribution >= 0.6 is 7.82 Å². The Kier molecular flexibility index (Phi) is 41.6. The first-order valence-corrected chi connectivity index (χ1v) is 26.4. The molecule has 3 unspecified atom stereocenters. The molecular weight excluding hydrogens is 768 g/mol. The monoisotopic (exact) mass is 865 g/mol. The van der Waals surface area contributed by atoms with Gasteiger partial charge in [0.1, 0.15) is 13.2 Å². The molecule has 0 aromatic rings. The van der Waals surface area contributed by atoms with Crippen LogP contribution in [0.15, 0.2) is 48.6 Å². The second kappa shape index (κ2) is 42.7. The minimum Gasteiger partial charge on any atom is -0.756 e. The van der Waals surface area contributed by atoms with E-state index in [1.54, 1.807) is 0 Å². The lowest BCUT2D eigenvalue weighted by molar-refractivity contribution is -0.870. The summed E-state index contributed by atoms with van der Waals surface area (Å²) in [4.78, 5) is 25.4. The fraction of sp³-hybridized carbons (Fsp3) is 0.824. The van der Waals surface area contributed by atoms with E-state index < -0.39 is 20.0 Å². The normalized spacial score (nSPS) is 14.6. The largest absolute Gasteiger partial charge is 0.756 e. The first-order valence-electron chi connectivity index (χ1n) is 25.0. The van der Waals surface area contributed by atoms with Crippen LogP contribution in [-0.2, 0) is 18.4 Å². The van der Waals surface area contributed by atoms with Crippen molar-refractivity contribution >= 4 is 13.7 Å². The number of nitrogens with zero attached hydrogens (tertiary/aromatic N) is 1. The number of rotatable bonds is 45. The lowest BCUT2D eigenvalue weighted by Gasteiger charge is -2.30. The quantitative estimate of drug-likeness (QED) is 0.0273. The number of phosphoric acid groups is 1. The molecular formula is C51H97N2O6P. The number of phosphoric ester groups is 1. The summed E-state index contributed by atoms with van der Waals surface area (Å²) < 4.78 is 23.3. The average molecular weight is 865 g/mol. The maximum Gasteiger partial charge on any atom is 0.268 e. The maximum absolute atomic E-state index is 12.9. The third kappa shape index (κ3) is 44.5. The number of carbonyl (C=O) groups is 1. The van der Waals surface area contributed by atoms with Gasteiger partial charge >= 0.3 is 0 Å². The lowest BCUT2D eigenvalue weighted by Crippen LogP contribution is -2.46. The van der Waals surface area contributed by atoms with E-state index in [1.807, 2.05) is 21.1 Å². The second-order valence-corrected chi connectivity index (χ2v) is 19.6. The van der Waals surface area contributed by atoms with Crippen molar-refractivity contribution in [2.75, 3.05) is 40.9 Å². The molecule has 3 atom stereocenters. The number of aliphatic hydroxyl groups excluding tert-OH is 1. The molecule has 0 saturated heterocycles. The summed E-state index contributed by atoms with van der Waals surface area (Å²) in [6.07, 6.45) is 54.1. The second-order valence-electron chi connectivity index (χ2n) is 18.1. The van der Waals surface area contributed by atoms with Gasteiger partial charge in [0.2, 0.25) is 5.91 Å². The van der Waals surface area contributed by atoms with Crippen LogP contribution in [0.25, 0.3) is 0 Å². The lowest BCUT2D eigenvalue weighted by atomic mass is 10.0. The Morgan fingerprint density at radius 3 is 1.48 bits per heavy atom. The molecule has 352 valence electrons. The number of unbranched alkanes of at least 4 members (excludes halogenated alkanes) is 24. The van der Waals surface area contributed by atoms with Gasteiger partial charge in [-0.15, -0.1) is 0 Å². The van der Waals surface area contributed by atoms with Crippen molar-refractivity contribution in [3.63, 3.8) is 0 Å². The highest BCUT2D eigenvalue weighted by Gasteiger charge is 2.24. The molecule has 8 nitrogen and oxygen atoms in total. The number of allylic oxidation sites excluding steroid dienone is 8. The number of hydrogen-bond acceptors (Lipinski definition) is 6. The van der Waals surface area contributed by atoms with Crippen LogP contribution in [0.3, 0.4) is 0 Å². The van der Waals surface area contributed by atoms with Crippen LogP contribution < -0.4 is 10.2 Å². The number of amides is 1. The number of nitrogens with one attached hydrogen (secondary N) is 1. The van der Waals surface area contributed by atoms with Gasteiger partial charge in [0, 0.05) is 6.42 Å². The number of quaternary nitrogens is 1. The molecule has 0 heterocycles. The molecule has 0 radical (unpaired) electrons. The van der Waals surface area contributed by atoms with Crippen LogP contribution in [0, 0.1) is 0 Å². The summed E-state index contributed by atoms with van der Waals surface area (Å²) in [5.41, 5.74) is 0. The van der Waals surface area contributed by atoms with Crippen molar-refractivity contribution in [1.82, 2.24) is 5.32 Å². The van der Waals surface area contributed by atoms with Crippen LogP contribution in [-0.4, -0.2) is 68.5 Å². The molecule has 0 aliphatic carbocycles. The Bertz CT molecular complexity index is 1120. The minimum absolute atomic E-state index is 0.00554. The van der Waals surface area contributed by atoms with Gasteiger partial charge in [-0.05, 0) is 51.4 Å². The highest BCUT2D eigenvalue weighted by molar-refractivity contribution is 7.45. The van der Waals surface area contributed by atoms with Crippen molar-refractivity contribution in [3.8, 4) is 0 Å². The molecule has 0 aliphatic heterocycles. The summed E-state index contributed by atoms with van der Waals surface area (Å²) in [5, 5.41) is 14.0. The molecule has 0 aliphatic rings. The van der Waals surface area contributed by atoms with Crippen molar-refractivity contribution in [1.29, 1.82) is 0 Å². The van der Waals surface area contributed by atoms with Gasteiger partial charge in [0.05, 0.1) is 39.9 Å². The van der Waals surface area contributed by atoms with Crippen LogP contribution in [0.4, 0.5) is 0 Å². The number of likely N-dealkylation sites (N-methyl/N-ethyl adjacent to an activating group) is 1. The Morgan fingerprint density at radius 1 is 0.600 bits per heavy atom. The molecule has 0 aromatic carbocycles. The average Bonchev–Trinajstić information content (AvgIpc) is 3.20. The number of hydrogen-bond donors (Lipinski definition) is 2. The van der Waals surface area contributed by atoms with Gasteiger partial charge in [0.25, 0.3) is 7.82 Å². The molecule has 0 bridgehead atoms. The van der Waals surface area contributed by atoms with E-state index in [-0.39, 0.29) is 19.1 Å². The van der Waals surface area contributed by atoms with E-state index in [0.29, 0.717) is 23.9 Å². The van der Waals surface area contributed by atoms with Crippen molar-refractivity contribution in [2.45, 2.75) is 231 Å². The predicted molar refractivity (Wildman–Crippen MR) is 256 cm³/mol. The van der Waals surface area contributed by atoms with Gasteiger partial charge in [-0.25, -0.2) is 0 Å². The molecule has 0 aromatic heterocycles. The molecule has 1 amide bonds. The summed E-state index contributed by atoms with van der Waals surface area (Å²) >= 11 is 0. The zero-order valence-electron chi connectivity index (χ0n) is 39.9. The topological polar surface area (TPSA) is 108 Å². The third-order valence-electron chi connectivity index (χ3n) is 11.1. The zero-order chi connectivity index (χ0) is 44.3. The van der Waals surface area contributed by atoms with E-state index >= 15 is 0 Å². The van der Waals surface area contributed by atoms with E-state index in [1.165, 1.54) is 116 Å². The van der Waals surface area contributed by atoms with Gasteiger partial charge in [-0.3, -0.25) is 9.36 Å². The van der Waals surface area contributed by atoms with E-state index in [9.17, 15) is 19.4 Å². The zero-order valence-corrected chi connectivity index (χ0v) is 40.8. The Labute approximate surface area is 371 Å². The number of aliphatic hydroxyl groups is 1. The first-order chi connectivity index (χ1) is 29.0. The fourth-order valence-corrected chi connectivity index (χ4v) is 7.87. The number of carbonyl (C=O) groups excluding carboxylic acids is 1. The molecule has 0 fully saturated rings. The Morgan fingerprint density at radius 2 is 1.02 bits per heavy atom. The molecule has 0 saturated carbocycles. The Hall–Kier alpha value is -1.54. The Balaban J connectivity index is 4.31. The molecule has 2 N–H and O–H groups in total. The summed E-state index contributed by atoms with van der Waals surface area (Å²) in [7, 11) is 1.28. The predicted octanol–water partition coefficient (Wildman–Crippen LogP) is 13.8. The highest BCUT2D eigenvalue weighted by atomic mass is 31.2. The van der Waals surface area contributed by atoms with E-state index in [0.717, 1.165) is 77.0 Å². The van der Waals surface area contributed by atoms with E-state index in [2.05, 4.69) is 67.8 Å². The van der Waals surface area contributed by atoms with E-state index in [4.69, 9.17) is 9.05 Å². The molecule has 9 heteroatoms. The van der Waals surface area contributed by atoms with Crippen LogP contribution in [0.1, 0.15) is 219 Å². The fourth-order valence-electron chi connectivity index (χ4n) is 7.15. The van der Waals surface area contributed by atoms with Crippen LogP contribution in [0.2, 0.25) is 0 Å². The van der Waals surface area contributed by atoms with Gasteiger partial charge in [0.15, 0.2) is 0 Å². The standard InChI is InChI=1S/C51H97N2O6P/c1-6-8-10-12-14-16-18-20-22-24-25-26-27-29-30-32-34-36-38-40-42-44-50(54)49(48-59-60(56,57)58-47-46-53(3,4)5)52-51(55)45-43-41-39-37-35-33-31-28-23-21-19-17-15-13-11-9-7-2/h9,11,15,17,21,23,31,33,49-50,54H,6-8,10,12-14,16,18-20,22,24-30,32,34-48H2,1-5H3,(H-,52,55,56,57)/b11-9-,17-15-,23-21-,33-31-. The van der Waals surface area contributed by atoms with Crippen molar-refractivity contribution < 1.29 is 32.9 Å². The maximum atomic E-state index is 12.9. The third-order valence-corrected chi connectivity index (χ3v) is 12.0. The SMILES string of the molecule is CC/C=C\C/C=C\C/C=C\C/C=C\CCCCCCC(=O)NC(COP(=O)([O-])OCC[N+](C)(C)C)C(O)CCCCCCCCCCCCCCCCCCCCCCC. The van der Waals surface area contributed by atoms with Gasteiger partial charge in [-0.2, -0.15) is 0 Å². The molecule has 0 spiro atoms. The first kappa shape index (κ1) is 58.5.